The van der Waals surface area contributed by atoms with Crippen LogP contribution >= 0.6 is 0 Å². The van der Waals surface area contributed by atoms with E-state index in [0.717, 1.165) is 24.3 Å². The minimum absolute atomic E-state index is 0.110. The zero-order valence-electron chi connectivity index (χ0n) is 18.5. The van der Waals surface area contributed by atoms with E-state index in [1.54, 1.807) is 0 Å². The monoisotopic (exact) mass is 410 g/mol. The molecule has 1 saturated heterocycles. The van der Waals surface area contributed by atoms with Crippen LogP contribution in [0.1, 0.15) is 58.4 Å². The molecule has 1 heterocycles. The van der Waals surface area contributed by atoms with Gasteiger partial charge in [0.05, 0.1) is 23.7 Å². The fraction of sp³-hybridized carbons (Fsp3) is 0.708. The predicted octanol–water partition coefficient (Wildman–Crippen LogP) is 3.11. The summed E-state index contributed by atoms with van der Waals surface area (Å²) >= 11 is 0. The van der Waals surface area contributed by atoms with Crippen LogP contribution in [0.3, 0.4) is 0 Å². The Kier molecular flexibility index (Phi) is 5.03. The first-order valence-corrected chi connectivity index (χ1v) is 11.7. The Bertz CT molecular complexity index is 799. The molecule has 0 radical (unpaired) electrons. The van der Waals surface area contributed by atoms with Crippen molar-refractivity contribution in [2.45, 2.75) is 83.0 Å². The Morgan fingerprint density at radius 3 is 2.63 bits per heavy atom. The summed E-state index contributed by atoms with van der Waals surface area (Å²) in [6.45, 7) is 6.97. The smallest absolute Gasteiger partial charge is 0.404 e. The van der Waals surface area contributed by atoms with Crippen LogP contribution in [0.25, 0.3) is 0 Å². The number of amides is 1. The molecule has 1 aromatic carbocycles. The van der Waals surface area contributed by atoms with Crippen molar-refractivity contribution in [2.75, 3.05) is 0 Å². The molecule has 6 rings (SSSR count). The standard InChI is InChI=1S/C24H35BN2O3/c1-23(2)17-13-19(23)24(3)20(14-17)29-25(30-24)21(12-16-9-10-16)27-22(28)18(26)11-15-7-5-4-6-8-15/h4-8,16-21H,9-14,26H2,1-3H3,(H,27,28)/t17-,18+,19-,20-,21+,24+/m1/s1. The van der Waals surface area contributed by atoms with Crippen molar-refractivity contribution in [3.63, 3.8) is 0 Å². The first kappa shape index (κ1) is 20.5. The van der Waals surface area contributed by atoms with Crippen molar-refractivity contribution in [2.24, 2.45) is 28.9 Å². The first-order chi connectivity index (χ1) is 14.3. The highest BCUT2D eigenvalue weighted by Gasteiger charge is 2.68. The number of nitrogens with two attached hydrogens (primary N) is 1. The zero-order valence-corrected chi connectivity index (χ0v) is 18.5. The van der Waals surface area contributed by atoms with Crippen molar-refractivity contribution < 1.29 is 14.1 Å². The highest BCUT2D eigenvalue weighted by atomic mass is 16.7. The maximum Gasteiger partial charge on any atom is 0.481 e. The molecule has 3 N–H and O–H groups in total. The Balaban J connectivity index is 1.26. The van der Waals surface area contributed by atoms with Gasteiger partial charge >= 0.3 is 7.12 Å². The maximum atomic E-state index is 12.9. The number of rotatable bonds is 7. The summed E-state index contributed by atoms with van der Waals surface area (Å²) in [5.41, 5.74) is 7.40. The van der Waals surface area contributed by atoms with Crippen LogP contribution in [0, 0.1) is 23.2 Å². The molecule has 5 fully saturated rings. The van der Waals surface area contributed by atoms with Gasteiger partial charge in [-0.2, -0.15) is 0 Å². The normalized spacial score (nSPS) is 35.9. The Morgan fingerprint density at radius 2 is 1.97 bits per heavy atom. The minimum Gasteiger partial charge on any atom is -0.404 e. The van der Waals surface area contributed by atoms with E-state index < -0.39 is 6.04 Å². The van der Waals surface area contributed by atoms with E-state index in [0.29, 0.717) is 23.7 Å². The zero-order chi connectivity index (χ0) is 21.1. The van der Waals surface area contributed by atoms with Gasteiger partial charge < -0.3 is 20.4 Å². The van der Waals surface area contributed by atoms with E-state index in [4.69, 9.17) is 15.0 Å². The third kappa shape index (κ3) is 3.51. The molecular weight excluding hydrogens is 375 g/mol. The highest BCUT2D eigenvalue weighted by molar-refractivity contribution is 6.48. The molecule has 30 heavy (non-hydrogen) atoms. The second-order valence-corrected chi connectivity index (χ2v) is 10.9. The fourth-order valence-corrected chi connectivity index (χ4v) is 6.27. The number of carbonyl (C=O) groups is 1. The summed E-state index contributed by atoms with van der Waals surface area (Å²) < 4.78 is 13.1. The average molecular weight is 410 g/mol. The lowest BCUT2D eigenvalue weighted by atomic mass is 9.43. The largest absolute Gasteiger partial charge is 0.481 e. The summed E-state index contributed by atoms with van der Waals surface area (Å²) in [4.78, 5) is 12.9. The van der Waals surface area contributed by atoms with Gasteiger partial charge in [0.2, 0.25) is 5.91 Å². The van der Waals surface area contributed by atoms with Gasteiger partial charge in [-0.3, -0.25) is 4.79 Å². The molecule has 1 amide bonds. The van der Waals surface area contributed by atoms with E-state index in [-0.39, 0.29) is 30.7 Å². The van der Waals surface area contributed by atoms with Crippen molar-refractivity contribution >= 4 is 13.0 Å². The van der Waals surface area contributed by atoms with Crippen molar-refractivity contribution in [3.8, 4) is 0 Å². The molecule has 5 nitrogen and oxygen atoms in total. The fourth-order valence-electron chi connectivity index (χ4n) is 6.27. The van der Waals surface area contributed by atoms with Gasteiger partial charge in [0.15, 0.2) is 0 Å². The predicted molar refractivity (Wildman–Crippen MR) is 118 cm³/mol. The summed E-state index contributed by atoms with van der Waals surface area (Å²) in [5, 5.41) is 3.21. The van der Waals surface area contributed by atoms with Gasteiger partial charge in [-0.1, -0.05) is 57.0 Å². The number of benzene rings is 1. The Morgan fingerprint density at radius 1 is 1.23 bits per heavy atom. The van der Waals surface area contributed by atoms with Gasteiger partial charge in [0.1, 0.15) is 0 Å². The van der Waals surface area contributed by atoms with Crippen LogP contribution in [0.5, 0.6) is 0 Å². The van der Waals surface area contributed by atoms with Gasteiger partial charge in [0, 0.05) is 0 Å². The lowest BCUT2D eigenvalue weighted by Gasteiger charge is -2.64. The Hall–Kier alpha value is -1.37. The molecule has 2 bridgehead atoms. The lowest BCUT2D eigenvalue weighted by Crippen LogP contribution is -2.65. The van der Waals surface area contributed by atoms with E-state index in [2.05, 4.69) is 26.1 Å². The third-order valence-electron chi connectivity index (χ3n) is 8.54. The molecule has 4 aliphatic carbocycles. The van der Waals surface area contributed by atoms with E-state index in [9.17, 15) is 4.79 Å². The average Bonchev–Trinajstić information content (AvgIpc) is 3.45. The minimum atomic E-state index is -0.569. The molecule has 5 aliphatic rings. The summed E-state index contributed by atoms with van der Waals surface area (Å²) in [6, 6.07) is 9.38. The van der Waals surface area contributed by atoms with Crippen molar-refractivity contribution in [3.05, 3.63) is 35.9 Å². The summed E-state index contributed by atoms with van der Waals surface area (Å²) in [6.07, 6.45) is 6.34. The molecule has 1 aliphatic heterocycles. The van der Waals surface area contributed by atoms with Crippen LogP contribution in [0.15, 0.2) is 30.3 Å². The second kappa shape index (κ2) is 7.35. The summed E-state index contributed by atoms with van der Waals surface area (Å²) in [5.74, 6) is 1.67. The number of hydrogen-bond acceptors (Lipinski definition) is 4. The number of nitrogens with one attached hydrogen (secondary N) is 1. The quantitative estimate of drug-likeness (QED) is 0.678. The molecule has 0 spiro atoms. The lowest BCUT2D eigenvalue weighted by molar-refractivity contribution is -0.199. The van der Waals surface area contributed by atoms with E-state index >= 15 is 0 Å². The highest BCUT2D eigenvalue weighted by Crippen LogP contribution is 2.65. The van der Waals surface area contributed by atoms with E-state index in [1.807, 2.05) is 30.3 Å². The molecule has 4 saturated carbocycles. The van der Waals surface area contributed by atoms with Gasteiger partial charge in [-0.05, 0) is 61.3 Å². The topological polar surface area (TPSA) is 73.6 Å². The molecule has 0 aromatic heterocycles. The van der Waals surface area contributed by atoms with E-state index in [1.165, 1.54) is 19.3 Å². The van der Waals surface area contributed by atoms with Crippen molar-refractivity contribution in [1.82, 2.24) is 5.32 Å². The maximum absolute atomic E-state index is 12.9. The van der Waals surface area contributed by atoms with Crippen LogP contribution in [-0.2, 0) is 20.5 Å². The molecule has 6 atom stereocenters. The molecule has 1 aromatic rings. The summed E-state index contributed by atoms with van der Waals surface area (Å²) in [7, 11) is -0.372. The Labute approximate surface area is 180 Å². The number of hydrogen-bond donors (Lipinski definition) is 2. The molecular formula is C24H35BN2O3. The molecule has 0 unspecified atom stereocenters. The van der Waals surface area contributed by atoms with Crippen LogP contribution in [0.2, 0.25) is 0 Å². The molecule has 6 heteroatoms. The van der Waals surface area contributed by atoms with Crippen LogP contribution < -0.4 is 11.1 Å². The molecule has 162 valence electrons. The third-order valence-corrected chi connectivity index (χ3v) is 8.54. The van der Waals surface area contributed by atoms with Crippen molar-refractivity contribution in [1.29, 1.82) is 0 Å². The second-order valence-electron chi connectivity index (χ2n) is 10.9. The first-order valence-electron chi connectivity index (χ1n) is 11.7. The SMILES string of the molecule is CC1(C)[C@@H]2C[C@H]1[C@]1(C)OB([C@H](CC3CC3)NC(=O)[C@@H](N)Cc3ccccc3)O[C@@H]1C2. The number of carbonyl (C=O) groups excluding carboxylic acids is 1. The van der Waals surface area contributed by atoms with Gasteiger partial charge in [-0.15, -0.1) is 0 Å². The van der Waals surface area contributed by atoms with Gasteiger partial charge in [0.25, 0.3) is 0 Å². The van der Waals surface area contributed by atoms with Gasteiger partial charge in [-0.25, -0.2) is 0 Å². The van der Waals surface area contributed by atoms with Crippen LogP contribution in [0.4, 0.5) is 0 Å². The van der Waals surface area contributed by atoms with Crippen LogP contribution in [-0.4, -0.2) is 36.7 Å².